The summed E-state index contributed by atoms with van der Waals surface area (Å²) in [6.07, 6.45) is 2.23. The van der Waals surface area contributed by atoms with Crippen LogP contribution >= 0.6 is 12.2 Å². The van der Waals surface area contributed by atoms with Crippen molar-refractivity contribution in [3.8, 4) is 0 Å². The van der Waals surface area contributed by atoms with E-state index in [1.165, 1.54) is 6.92 Å². The lowest BCUT2D eigenvalue weighted by molar-refractivity contribution is -0.141. The number of para-hydroxylation sites is 2. The largest absolute Gasteiger partial charge is 0.481 e. The fourth-order valence-electron chi connectivity index (χ4n) is 2.75. The molecule has 1 fully saturated rings. The number of carboxylic acids is 1. The van der Waals surface area contributed by atoms with Gasteiger partial charge in [0, 0.05) is 13.1 Å². The molecule has 2 heterocycles. The number of hydrogen-bond acceptors (Lipinski definition) is 6. The first-order valence-corrected chi connectivity index (χ1v) is 9.77. The average molecular weight is 430 g/mol. The monoisotopic (exact) mass is 430 g/mol. The normalized spacial score (nSPS) is 16.0. The Hall–Kier alpha value is -3.47. The molecule has 1 aromatic carbocycles. The Bertz CT molecular complexity index is 984. The van der Waals surface area contributed by atoms with Gasteiger partial charge in [-0.15, -0.1) is 0 Å². The number of aliphatic carboxylic acids is 1. The van der Waals surface area contributed by atoms with E-state index in [1.807, 2.05) is 24.3 Å². The summed E-state index contributed by atoms with van der Waals surface area (Å²) >= 11 is 5.13. The van der Waals surface area contributed by atoms with Gasteiger partial charge in [0.05, 0.1) is 17.0 Å². The van der Waals surface area contributed by atoms with Gasteiger partial charge in [-0.1, -0.05) is 25.1 Å². The van der Waals surface area contributed by atoms with Crippen molar-refractivity contribution in [2.24, 2.45) is 5.92 Å². The molecule has 1 atom stereocenters. The summed E-state index contributed by atoms with van der Waals surface area (Å²) in [7, 11) is 0. The molecule has 30 heavy (non-hydrogen) atoms. The lowest BCUT2D eigenvalue weighted by atomic mass is 10.2. The SMILES string of the molecule is CC(CNC(=O)CN1C(=O)/C(=C/CCNc2nc3ccccc3[nH]2)NC1=S)C(=O)O. The molecule has 11 heteroatoms. The van der Waals surface area contributed by atoms with E-state index in [9.17, 15) is 14.4 Å². The predicted molar refractivity (Wildman–Crippen MR) is 115 cm³/mol. The van der Waals surface area contributed by atoms with Crippen molar-refractivity contribution >= 4 is 52.1 Å². The van der Waals surface area contributed by atoms with Gasteiger partial charge in [0.15, 0.2) is 5.11 Å². The molecule has 1 saturated heterocycles. The molecule has 3 rings (SSSR count). The molecule has 0 spiro atoms. The number of H-pyrrole nitrogens is 1. The van der Waals surface area contributed by atoms with E-state index in [2.05, 4.69) is 25.9 Å². The Morgan fingerprint density at radius 1 is 1.37 bits per heavy atom. The van der Waals surface area contributed by atoms with Crippen molar-refractivity contribution in [3.63, 3.8) is 0 Å². The topological polar surface area (TPSA) is 139 Å². The van der Waals surface area contributed by atoms with E-state index in [0.717, 1.165) is 15.9 Å². The van der Waals surface area contributed by atoms with Gasteiger partial charge < -0.3 is 26.0 Å². The van der Waals surface area contributed by atoms with Crippen LogP contribution in [-0.2, 0) is 14.4 Å². The number of nitrogens with zero attached hydrogens (tertiary/aromatic N) is 2. The number of carbonyl (C=O) groups is 3. The molecular formula is C19H22N6O4S. The van der Waals surface area contributed by atoms with Gasteiger partial charge >= 0.3 is 5.97 Å². The fraction of sp³-hybridized carbons (Fsp3) is 0.316. The Labute approximate surface area is 177 Å². The molecule has 5 N–H and O–H groups in total. The molecule has 0 radical (unpaired) electrons. The van der Waals surface area contributed by atoms with Crippen LogP contribution < -0.4 is 16.0 Å². The van der Waals surface area contributed by atoms with Crippen molar-refractivity contribution in [3.05, 3.63) is 36.0 Å². The van der Waals surface area contributed by atoms with E-state index in [1.54, 1.807) is 6.08 Å². The molecule has 1 aliphatic heterocycles. The molecule has 2 amide bonds. The molecular weight excluding hydrogens is 408 g/mol. The van der Waals surface area contributed by atoms with Gasteiger partial charge in [-0.2, -0.15) is 0 Å². The first-order valence-electron chi connectivity index (χ1n) is 9.36. The van der Waals surface area contributed by atoms with E-state index in [0.29, 0.717) is 24.6 Å². The summed E-state index contributed by atoms with van der Waals surface area (Å²) in [5.74, 6) is -1.96. The third-order valence-corrected chi connectivity index (χ3v) is 4.79. The summed E-state index contributed by atoms with van der Waals surface area (Å²) in [4.78, 5) is 44.0. The smallest absolute Gasteiger partial charge is 0.308 e. The second-order valence-corrected chi connectivity index (χ2v) is 7.19. The van der Waals surface area contributed by atoms with Gasteiger partial charge in [0.2, 0.25) is 11.9 Å². The molecule has 1 aliphatic rings. The fourth-order valence-corrected chi connectivity index (χ4v) is 3.01. The van der Waals surface area contributed by atoms with Crippen molar-refractivity contribution in [1.82, 2.24) is 25.5 Å². The van der Waals surface area contributed by atoms with Crippen molar-refractivity contribution in [2.45, 2.75) is 13.3 Å². The van der Waals surface area contributed by atoms with E-state index < -0.39 is 23.7 Å². The van der Waals surface area contributed by atoms with Crippen LogP contribution in [0, 0.1) is 5.92 Å². The molecule has 1 aromatic heterocycles. The molecule has 2 aromatic rings. The van der Waals surface area contributed by atoms with Crippen LogP contribution in [-0.4, -0.2) is 62.5 Å². The highest BCUT2D eigenvalue weighted by Crippen LogP contribution is 2.14. The summed E-state index contributed by atoms with van der Waals surface area (Å²) in [5, 5.41) is 17.4. The number of benzene rings is 1. The number of aromatic nitrogens is 2. The van der Waals surface area contributed by atoms with E-state index >= 15 is 0 Å². The van der Waals surface area contributed by atoms with Gasteiger partial charge in [-0.05, 0) is 30.8 Å². The average Bonchev–Trinajstić information content (AvgIpc) is 3.24. The second kappa shape index (κ2) is 9.35. The number of imidazole rings is 1. The van der Waals surface area contributed by atoms with E-state index in [4.69, 9.17) is 17.3 Å². The van der Waals surface area contributed by atoms with Crippen LogP contribution in [0.1, 0.15) is 13.3 Å². The van der Waals surface area contributed by atoms with Gasteiger partial charge in [-0.25, -0.2) is 4.98 Å². The number of rotatable bonds is 9. The lowest BCUT2D eigenvalue weighted by Crippen LogP contribution is -2.42. The predicted octanol–water partition coefficient (Wildman–Crippen LogP) is 0.802. The minimum absolute atomic E-state index is 0.0213. The van der Waals surface area contributed by atoms with Crippen LogP contribution in [0.5, 0.6) is 0 Å². The van der Waals surface area contributed by atoms with Crippen LogP contribution in [0.4, 0.5) is 5.95 Å². The van der Waals surface area contributed by atoms with Crippen molar-refractivity contribution in [2.75, 3.05) is 25.0 Å². The lowest BCUT2D eigenvalue weighted by Gasteiger charge is -2.14. The molecule has 1 unspecified atom stereocenters. The number of anilines is 1. The first kappa shape index (κ1) is 21.2. The summed E-state index contributed by atoms with van der Waals surface area (Å²) < 4.78 is 0. The molecule has 0 bridgehead atoms. The Balaban J connectivity index is 1.48. The minimum atomic E-state index is -1.01. The number of thiocarbonyl (C=S) groups is 1. The van der Waals surface area contributed by atoms with Crippen LogP contribution in [0.3, 0.4) is 0 Å². The maximum absolute atomic E-state index is 12.5. The zero-order chi connectivity index (χ0) is 21.7. The van der Waals surface area contributed by atoms with Crippen molar-refractivity contribution < 1.29 is 19.5 Å². The van der Waals surface area contributed by atoms with Gasteiger partial charge in [-0.3, -0.25) is 19.3 Å². The molecule has 0 saturated carbocycles. The summed E-state index contributed by atoms with van der Waals surface area (Å²) in [5.41, 5.74) is 2.10. The summed E-state index contributed by atoms with van der Waals surface area (Å²) in [6, 6.07) is 7.68. The highest BCUT2D eigenvalue weighted by Gasteiger charge is 2.31. The number of aromatic amines is 1. The Morgan fingerprint density at radius 2 is 2.13 bits per heavy atom. The first-order chi connectivity index (χ1) is 14.3. The van der Waals surface area contributed by atoms with Gasteiger partial charge in [0.1, 0.15) is 12.2 Å². The number of carbonyl (C=O) groups excluding carboxylic acids is 2. The highest BCUT2D eigenvalue weighted by molar-refractivity contribution is 7.80. The number of hydrogen-bond donors (Lipinski definition) is 5. The number of amides is 2. The molecule has 0 aliphatic carbocycles. The van der Waals surface area contributed by atoms with Crippen LogP contribution in [0.25, 0.3) is 11.0 Å². The minimum Gasteiger partial charge on any atom is -0.481 e. The molecule has 10 nitrogen and oxygen atoms in total. The standard InChI is InChI=1S/C19H22N6O4S/c1-11(17(28)29)9-21-15(26)10-25-16(27)14(24-19(25)30)7-4-8-20-18-22-12-5-2-3-6-13(12)23-18/h2-3,5-7,11H,4,8-10H2,1H3,(H,21,26)(H,24,30)(H,28,29)(H2,20,22,23)/b14-7-. The maximum Gasteiger partial charge on any atom is 0.308 e. The van der Waals surface area contributed by atoms with Crippen LogP contribution in [0.15, 0.2) is 36.0 Å². The quantitative estimate of drug-likeness (QED) is 0.224. The third-order valence-electron chi connectivity index (χ3n) is 4.47. The zero-order valence-electron chi connectivity index (χ0n) is 16.3. The number of fused-ring (bicyclic) bond motifs is 1. The zero-order valence-corrected chi connectivity index (χ0v) is 17.1. The second-order valence-electron chi connectivity index (χ2n) is 6.80. The van der Waals surface area contributed by atoms with Crippen LogP contribution in [0.2, 0.25) is 0 Å². The Kier molecular flexibility index (Phi) is 6.62. The molecule has 158 valence electrons. The third kappa shape index (κ3) is 5.11. The number of carboxylic acid groups (broad SMARTS) is 1. The van der Waals surface area contributed by atoms with Gasteiger partial charge in [0.25, 0.3) is 5.91 Å². The maximum atomic E-state index is 12.5. The summed E-state index contributed by atoms with van der Waals surface area (Å²) in [6.45, 7) is 1.73. The van der Waals surface area contributed by atoms with E-state index in [-0.39, 0.29) is 18.2 Å². The number of nitrogens with one attached hydrogen (secondary N) is 4. The Morgan fingerprint density at radius 3 is 2.87 bits per heavy atom. The highest BCUT2D eigenvalue weighted by atomic mass is 32.1. The van der Waals surface area contributed by atoms with Crippen molar-refractivity contribution in [1.29, 1.82) is 0 Å².